The first kappa shape index (κ1) is 17.5. The lowest BCUT2D eigenvalue weighted by atomic mass is 10.1. The quantitative estimate of drug-likeness (QED) is 0.331. The molecule has 0 atom stereocenters. The highest BCUT2D eigenvalue weighted by Gasteiger charge is 2.08. The number of ether oxygens (including phenoxy) is 1. The molecule has 2 nitrogen and oxygen atoms in total. The van der Waals surface area contributed by atoms with Gasteiger partial charge in [0.25, 0.3) is 0 Å². The summed E-state index contributed by atoms with van der Waals surface area (Å²) in [5.41, 5.74) is 4.87. The first-order chi connectivity index (χ1) is 9.92. The molecule has 1 aromatic carbocycles. The van der Waals surface area contributed by atoms with Crippen LogP contribution in [-0.2, 0) is 4.74 Å². The van der Waals surface area contributed by atoms with Gasteiger partial charge < -0.3 is 4.74 Å². The standard InChI is InChI=1S/C18H26O2Si/c1-5-6-7-8-14-20-18(19)17-11-9-16(10-12-17)13-15-21(2,3)4/h9-12H,5-8,14H2,1-4H3. The average molecular weight is 302 g/mol. The van der Waals surface area contributed by atoms with Gasteiger partial charge in [-0.25, -0.2) is 4.79 Å². The number of hydrogen-bond acceptors (Lipinski definition) is 2. The zero-order valence-corrected chi connectivity index (χ0v) is 14.7. The molecule has 1 rings (SSSR count). The maximum absolute atomic E-state index is 11.9. The van der Waals surface area contributed by atoms with Crippen LogP contribution in [0.3, 0.4) is 0 Å². The number of rotatable bonds is 6. The van der Waals surface area contributed by atoms with Crippen molar-refractivity contribution < 1.29 is 9.53 Å². The first-order valence-electron chi connectivity index (χ1n) is 7.73. The van der Waals surface area contributed by atoms with Crippen LogP contribution < -0.4 is 0 Å². The molecule has 0 radical (unpaired) electrons. The van der Waals surface area contributed by atoms with E-state index in [2.05, 4.69) is 38.0 Å². The molecule has 0 aromatic heterocycles. The van der Waals surface area contributed by atoms with E-state index in [0.717, 1.165) is 18.4 Å². The van der Waals surface area contributed by atoms with Gasteiger partial charge in [0.2, 0.25) is 0 Å². The number of hydrogen-bond donors (Lipinski definition) is 0. The van der Waals surface area contributed by atoms with Crippen molar-refractivity contribution in [3.63, 3.8) is 0 Å². The topological polar surface area (TPSA) is 26.3 Å². The normalized spacial score (nSPS) is 10.7. The molecule has 0 N–H and O–H groups in total. The zero-order valence-electron chi connectivity index (χ0n) is 13.7. The SMILES string of the molecule is CCCCCCOC(=O)c1ccc(C#C[Si](C)(C)C)cc1. The van der Waals surface area contributed by atoms with Gasteiger partial charge in [-0.1, -0.05) is 51.7 Å². The molecule has 3 heteroatoms. The van der Waals surface area contributed by atoms with Crippen molar-refractivity contribution in [1.29, 1.82) is 0 Å². The second-order valence-corrected chi connectivity index (χ2v) is 11.0. The molecule has 0 heterocycles. The molecule has 0 aliphatic rings. The summed E-state index contributed by atoms with van der Waals surface area (Å²) in [5.74, 6) is 2.94. The van der Waals surface area contributed by atoms with Crippen LogP contribution in [0.15, 0.2) is 24.3 Å². The van der Waals surface area contributed by atoms with Crippen LogP contribution in [-0.4, -0.2) is 20.7 Å². The highest BCUT2D eigenvalue weighted by atomic mass is 28.3. The largest absolute Gasteiger partial charge is 0.462 e. The smallest absolute Gasteiger partial charge is 0.338 e. The molecule has 0 saturated heterocycles. The lowest BCUT2D eigenvalue weighted by Crippen LogP contribution is -2.16. The van der Waals surface area contributed by atoms with Gasteiger partial charge in [-0.05, 0) is 30.7 Å². The van der Waals surface area contributed by atoms with Crippen LogP contribution in [0, 0.1) is 11.5 Å². The minimum atomic E-state index is -1.36. The van der Waals surface area contributed by atoms with Crippen LogP contribution in [0.4, 0.5) is 0 Å². The highest BCUT2D eigenvalue weighted by Crippen LogP contribution is 2.07. The monoisotopic (exact) mass is 302 g/mol. The van der Waals surface area contributed by atoms with Crippen molar-refractivity contribution in [1.82, 2.24) is 0 Å². The van der Waals surface area contributed by atoms with Gasteiger partial charge in [0, 0.05) is 5.56 Å². The van der Waals surface area contributed by atoms with Crippen LogP contribution in [0.25, 0.3) is 0 Å². The molecule has 21 heavy (non-hydrogen) atoms. The first-order valence-corrected chi connectivity index (χ1v) is 11.2. The van der Waals surface area contributed by atoms with Crippen molar-refractivity contribution in [2.24, 2.45) is 0 Å². The van der Waals surface area contributed by atoms with Crippen LogP contribution in [0.1, 0.15) is 48.5 Å². The van der Waals surface area contributed by atoms with Gasteiger partial charge in [-0.3, -0.25) is 0 Å². The Bertz CT molecular complexity index is 501. The predicted molar refractivity (Wildman–Crippen MR) is 91.1 cm³/mol. The van der Waals surface area contributed by atoms with Crippen molar-refractivity contribution in [2.75, 3.05) is 6.61 Å². The summed E-state index contributed by atoms with van der Waals surface area (Å²) in [7, 11) is -1.36. The Kier molecular flexibility index (Phi) is 7.25. The Morgan fingerprint density at radius 3 is 2.33 bits per heavy atom. The van der Waals surface area contributed by atoms with E-state index >= 15 is 0 Å². The van der Waals surface area contributed by atoms with Gasteiger partial charge in [-0.2, -0.15) is 0 Å². The van der Waals surface area contributed by atoms with E-state index in [1.807, 2.05) is 12.1 Å². The Balaban J connectivity index is 2.49. The fraction of sp³-hybridized carbons (Fsp3) is 0.500. The number of carbonyl (C=O) groups excluding carboxylic acids is 1. The summed E-state index contributed by atoms with van der Waals surface area (Å²) in [6.07, 6.45) is 4.45. The molecule has 0 fully saturated rings. The summed E-state index contributed by atoms with van der Waals surface area (Å²) in [6, 6.07) is 7.37. The zero-order chi connectivity index (χ0) is 15.7. The summed E-state index contributed by atoms with van der Waals surface area (Å²) in [5, 5.41) is 0. The summed E-state index contributed by atoms with van der Waals surface area (Å²) in [4.78, 5) is 11.9. The number of benzene rings is 1. The maximum atomic E-state index is 11.9. The molecular weight excluding hydrogens is 276 g/mol. The molecule has 0 saturated carbocycles. The van der Waals surface area contributed by atoms with E-state index in [1.54, 1.807) is 12.1 Å². The van der Waals surface area contributed by atoms with E-state index in [-0.39, 0.29) is 5.97 Å². The molecule has 0 unspecified atom stereocenters. The summed E-state index contributed by atoms with van der Waals surface area (Å²) >= 11 is 0. The van der Waals surface area contributed by atoms with Gasteiger partial charge in [0.05, 0.1) is 12.2 Å². The van der Waals surface area contributed by atoms with Gasteiger partial charge in [0.1, 0.15) is 8.07 Å². The molecule has 0 spiro atoms. The van der Waals surface area contributed by atoms with Crippen LogP contribution in [0.5, 0.6) is 0 Å². The molecule has 0 aliphatic carbocycles. The predicted octanol–water partition coefficient (Wildman–Crippen LogP) is 4.65. The number of esters is 1. The average Bonchev–Trinajstić information content (AvgIpc) is 2.44. The van der Waals surface area contributed by atoms with Crippen molar-refractivity contribution in [3.8, 4) is 11.5 Å². The fourth-order valence-electron chi connectivity index (χ4n) is 1.73. The van der Waals surface area contributed by atoms with E-state index in [9.17, 15) is 4.79 Å². The van der Waals surface area contributed by atoms with Crippen LogP contribution >= 0.6 is 0 Å². The summed E-state index contributed by atoms with van der Waals surface area (Å²) in [6.45, 7) is 9.31. The molecule has 0 aliphatic heterocycles. The second-order valence-electron chi connectivity index (χ2n) is 6.27. The van der Waals surface area contributed by atoms with Gasteiger partial charge >= 0.3 is 5.97 Å². The Labute approximate surface area is 129 Å². The molecular formula is C18H26O2Si. The minimum absolute atomic E-state index is 0.240. The number of unbranched alkanes of at least 4 members (excludes halogenated alkanes) is 3. The van der Waals surface area contributed by atoms with E-state index in [0.29, 0.717) is 12.2 Å². The summed E-state index contributed by atoms with van der Waals surface area (Å²) < 4.78 is 5.26. The molecule has 0 amide bonds. The van der Waals surface area contributed by atoms with Gasteiger partial charge in [-0.15, -0.1) is 5.54 Å². The maximum Gasteiger partial charge on any atom is 0.338 e. The molecule has 114 valence electrons. The lowest BCUT2D eigenvalue weighted by molar-refractivity contribution is 0.0498. The third-order valence-corrected chi connectivity index (χ3v) is 3.81. The van der Waals surface area contributed by atoms with Crippen molar-refractivity contribution >= 4 is 14.0 Å². The number of carbonyl (C=O) groups is 1. The highest BCUT2D eigenvalue weighted by molar-refractivity contribution is 6.83. The minimum Gasteiger partial charge on any atom is -0.462 e. The third-order valence-electron chi connectivity index (χ3n) is 2.93. The van der Waals surface area contributed by atoms with E-state index < -0.39 is 8.07 Å². The Hall–Kier alpha value is -1.53. The Morgan fingerprint density at radius 1 is 1.10 bits per heavy atom. The lowest BCUT2D eigenvalue weighted by Gasteiger charge is -2.05. The second kappa shape index (κ2) is 8.69. The van der Waals surface area contributed by atoms with Crippen LogP contribution in [0.2, 0.25) is 19.6 Å². The van der Waals surface area contributed by atoms with E-state index in [4.69, 9.17) is 4.74 Å². The molecule has 1 aromatic rings. The molecule has 0 bridgehead atoms. The Morgan fingerprint density at radius 2 is 1.76 bits per heavy atom. The van der Waals surface area contributed by atoms with Gasteiger partial charge in [0.15, 0.2) is 0 Å². The van der Waals surface area contributed by atoms with E-state index in [1.165, 1.54) is 12.8 Å². The van der Waals surface area contributed by atoms with Crippen molar-refractivity contribution in [2.45, 2.75) is 52.2 Å². The third kappa shape index (κ3) is 7.72. The fourth-order valence-corrected chi connectivity index (χ4v) is 2.25. The van der Waals surface area contributed by atoms with Crippen molar-refractivity contribution in [3.05, 3.63) is 35.4 Å².